The number of nitrogen functional groups attached to an aromatic ring is 1. The topological polar surface area (TPSA) is 114 Å². The number of nitrogens with two attached hydrogens (primary N) is 1. The summed E-state index contributed by atoms with van der Waals surface area (Å²) in [6, 6.07) is 14.0. The second kappa shape index (κ2) is 9.85. The van der Waals surface area contributed by atoms with Gasteiger partial charge in [0.2, 0.25) is 15.8 Å². The third kappa shape index (κ3) is 5.07. The van der Waals surface area contributed by atoms with Gasteiger partial charge in [0.25, 0.3) is 0 Å². The van der Waals surface area contributed by atoms with Crippen molar-refractivity contribution in [2.45, 2.75) is 11.4 Å². The van der Waals surface area contributed by atoms with E-state index in [1.165, 1.54) is 41.7 Å². The SMILES string of the molecule is C=Cc1cccc(F)c1C(=O)c1sc(Nc2ccc(S(=O)(=O)NCc3cccs3)cc2)nc1N. The van der Waals surface area contributed by atoms with Crippen molar-refractivity contribution in [3.63, 3.8) is 0 Å². The number of carbonyl (C=O) groups excluding carboxylic acids is 1. The van der Waals surface area contributed by atoms with E-state index in [-0.39, 0.29) is 27.7 Å². The number of nitrogens with zero attached hydrogens (tertiary/aromatic N) is 1. The Kier molecular flexibility index (Phi) is 6.89. The van der Waals surface area contributed by atoms with Crippen LogP contribution in [0.25, 0.3) is 6.08 Å². The molecule has 0 fully saturated rings. The van der Waals surface area contributed by atoms with Crippen LogP contribution in [0.15, 0.2) is 71.5 Å². The number of nitrogens with one attached hydrogen (secondary N) is 2. The first-order valence-electron chi connectivity index (χ1n) is 9.89. The van der Waals surface area contributed by atoms with E-state index in [0.717, 1.165) is 16.2 Å². The molecule has 0 radical (unpaired) electrons. The number of halogens is 1. The number of thiazole rings is 1. The first kappa shape index (κ1) is 23.8. The molecular formula is C23H19FN4O3S3. The largest absolute Gasteiger partial charge is 0.382 e. The molecule has 4 N–H and O–H groups in total. The number of ketones is 1. The van der Waals surface area contributed by atoms with Gasteiger partial charge in [0.1, 0.15) is 16.5 Å². The second-order valence-corrected chi connectivity index (χ2v) is 10.8. The van der Waals surface area contributed by atoms with E-state index in [9.17, 15) is 17.6 Å². The van der Waals surface area contributed by atoms with E-state index < -0.39 is 21.6 Å². The Balaban J connectivity index is 1.50. The summed E-state index contributed by atoms with van der Waals surface area (Å²) in [6.07, 6.45) is 1.40. The van der Waals surface area contributed by atoms with Gasteiger partial charge in [-0.3, -0.25) is 4.79 Å². The van der Waals surface area contributed by atoms with Crippen LogP contribution in [0.2, 0.25) is 0 Å². The molecule has 7 nitrogen and oxygen atoms in total. The molecule has 4 aromatic rings. The van der Waals surface area contributed by atoms with Crippen LogP contribution in [0.1, 0.15) is 25.7 Å². The number of rotatable bonds is 9. The molecule has 0 atom stereocenters. The van der Waals surface area contributed by atoms with Crippen molar-refractivity contribution >= 4 is 61.2 Å². The fourth-order valence-corrected chi connectivity index (χ4v) is 5.71. The summed E-state index contributed by atoms with van der Waals surface area (Å²) in [5, 5.41) is 5.18. The first-order chi connectivity index (χ1) is 16.3. The number of benzene rings is 2. The Hall–Kier alpha value is -3.38. The number of carbonyl (C=O) groups is 1. The van der Waals surface area contributed by atoms with Crippen molar-refractivity contribution in [3.05, 3.63) is 93.3 Å². The maximum atomic E-state index is 14.3. The number of sulfonamides is 1. The molecule has 2 aromatic heterocycles. The van der Waals surface area contributed by atoms with Gasteiger partial charge in [-0.2, -0.15) is 0 Å². The number of aromatic nitrogens is 1. The van der Waals surface area contributed by atoms with E-state index in [1.807, 2.05) is 17.5 Å². The first-order valence-corrected chi connectivity index (χ1v) is 13.1. The molecule has 34 heavy (non-hydrogen) atoms. The summed E-state index contributed by atoms with van der Waals surface area (Å²) in [6.45, 7) is 3.83. The molecule has 4 rings (SSSR count). The minimum absolute atomic E-state index is 0.0345. The number of hydrogen-bond donors (Lipinski definition) is 3. The van der Waals surface area contributed by atoms with Crippen LogP contribution in [-0.4, -0.2) is 19.2 Å². The molecule has 0 aliphatic heterocycles. The summed E-state index contributed by atoms with van der Waals surface area (Å²) in [7, 11) is -3.67. The molecule has 174 valence electrons. The predicted molar refractivity (Wildman–Crippen MR) is 135 cm³/mol. The van der Waals surface area contributed by atoms with E-state index in [0.29, 0.717) is 16.4 Å². The van der Waals surface area contributed by atoms with Crippen molar-refractivity contribution in [2.75, 3.05) is 11.1 Å². The van der Waals surface area contributed by atoms with Crippen LogP contribution in [-0.2, 0) is 16.6 Å². The lowest BCUT2D eigenvalue weighted by Gasteiger charge is -2.07. The molecule has 11 heteroatoms. The zero-order chi connectivity index (χ0) is 24.3. The molecule has 0 bridgehead atoms. The minimum atomic E-state index is -3.67. The number of thiophene rings is 1. The quantitative estimate of drug-likeness (QED) is 0.270. The molecular weight excluding hydrogens is 495 g/mol. The average Bonchev–Trinajstić information content (AvgIpc) is 3.47. The maximum absolute atomic E-state index is 14.3. The summed E-state index contributed by atoms with van der Waals surface area (Å²) in [4.78, 5) is 18.2. The Morgan fingerprint density at radius 1 is 1.15 bits per heavy atom. The van der Waals surface area contributed by atoms with Gasteiger partial charge in [0.15, 0.2) is 5.13 Å². The summed E-state index contributed by atoms with van der Waals surface area (Å²) >= 11 is 2.44. The van der Waals surface area contributed by atoms with Gasteiger partial charge < -0.3 is 11.1 Å². The predicted octanol–water partition coefficient (Wildman–Crippen LogP) is 5.02. The van der Waals surface area contributed by atoms with Crippen LogP contribution >= 0.6 is 22.7 Å². The third-order valence-corrected chi connectivity index (χ3v) is 8.06. The van der Waals surface area contributed by atoms with E-state index in [2.05, 4.69) is 21.6 Å². The smallest absolute Gasteiger partial charge is 0.240 e. The van der Waals surface area contributed by atoms with E-state index in [1.54, 1.807) is 18.2 Å². The van der Waals surface area contributed by atoms with Crippen molar-refractivity contribution in [2.24, 2.45) is 0 Å². The van der Waals surface area contributed by atoms with E-state index in [4.69, 9.17) is 5.73 Å². The van der Waals surface area contributed by atoms with Crippen molar-refractivity contribution in [3.8, 4) is 0 Å². The highest BCUT2D eigenvalue weighted by Gasteiger charge is 2.23. The maximum Gasteiger partial charge on any atom is 0.240 e. The van der Waals surface area contributed by atoms with Crippen LogP contribution in [0.4, 0.5) is 21.0 Å². The van der Waals surface area contributed by atoms with Gasteiger partial charge in [-0.25, -0.2) is 22.5 Å². The molecule has 0 saturated heterocycles. The third-order valence-electron chi connectivity index (χ3n) is 4.78. The number of hydrogen-bond acceptors (Lipinski definition) is 8. The average molecular weight is 515 g/mol. The lowest BCUT2D eigenvalue weighted by Crippen LogP contribution is -2.22. The lowest BCUT2D eigenvalue weighted by molar-refractivity contribution is 0.103. The van der Waals surface area contributed by atoms with Crippen LogP contribution in [0.5, 0.6) is 0 Å². The number of anilines is 3. The second-order valence-electron chi connectivity index (χ2n) is 7.02. The van der Waals surface area contributed by atoms with Crippen molar-refractivity contribution in [1.82, 2.24) is 9.71 Å². The van der Waals surface area contributed by atoms with Crippen molar-refractivity contribution < 1.29 is 17.6 Å². The molecule has 2 aromatic carbocycles. The Morgan fingerprint density at radius 2 is 1.91 bits per heavy atom. The van der Waals surface area contributed by atoms with Crippen LogP contribution in [0, 0.1) is 5.82 Å². The van der Waals surface area contributed by atoms with Gasteiger partial charge in [0.05, 0.1) is 10.5 Å². The standard InChI is InChI=1S/C23H19FN4O3S3/c1-2-14-5-3-7-18(24)19(14)20(29)21-22(25)28-23(33-21)27-15-8-10-17(11-9-15)34(30,31)26-13-16-6-4-12-32-16/h2-12,26H,1,13,25H2,(H,27,28). The van der Waals surface area contributed by atoms with Crippen LogP contribution < -0.4 is 15.8 Å². The Labute approximate surface area is 203 Å². The molecule has 0 saturated carbocycles. The fraction of sp³-hybridized carbons (Fsp3) is 0.0435. The Bertz CT molecular complexity index is 1450. The lowest BCUT2D eigenvalue weighted by atomic mass is 10.0. The van der Waals surface area contributed by atoms with E-state index >= 15 is 0 Å². The molecule has 0 aliphatic rings. The zero-order valence-electron chi connectivity index (χ0n) is 17.6. The summed E-state index contributed by atoms with van der Waals surface area (Å²) in [5.74, 6) is -1.30. The molecule has 0 aliphatic carbocycles. The molecule has 0 amide bonds. The highest BCUT2D eigenvalue weighted by molar-refractivity contribution is 7.89. The van der Waals surface area contributed by atoms with Crippen molar-refractivity contribution in [1.29, 1.82) is 0 Å². The monoisotopic (exact) mass is 514 g/mol. The van der Waals surface area contributed by atoms with Gasteiger partial charge in [0, 0.05) is 17.1 Å². The summed E-state index contributed by atoms with van der Waals surface area (Å²) < 4.78 is 41.9. The minimum Gasteiger partial charge on any atom is -0.382 e. The molecule has 2 heterocycles. The highest BCUT2D eigenvalue weighted by Crippen LogP contribution is 2.31. The fourth-order valence-electron chi connectivity index (χ4n) is 3.12. The van der Waals surface area contributed by atoms with Crippen LogP contribution in [0.3, 0.4) is 0 Å². The van der Waals surface area contributed by atoms with Gasteiger partial charge in [-0.15, -0.1) is 11.3 Å². The highest BCUT2D eigenvalue weighted by atomic mass is 32.2. The molecule has 0 spiro atoms. The van der Waals surface area contributed by atoms with Gasteiger partial charge in [-0.05, 0) is 47.3 Å². The van der Waals surface area contributed by atoms with Gasteiger partial charge >= 0.3 is 0 Å². The normalized spacial score (nSPS) is 11.3. The summed E-state index contributed by atoms with van der Waals surface area (Å²) in [5.41, 5.74) is 6.71. The van der Waals surface area contributed by atoms with Gasteiger partial charge in [-0.1, -0.05) is 42.2 Å². The Morgan fingerprint density at radius 3 is 2.59 bits per heavy atom. The zero-order valence-corrected chi connectivity index (χ0v) is 20.1. The molecule has 0 unspecified atom stereocenters.